The van der Waals surface area contributed by atoms with Crippen LogP contribution in [0, 0.1) is 0 Å². The number of alkyl halides is 3. The van der Waals surface area contributed by atoms with Crippen LogP contribution in [0.25, 0.3) is 0 Å². The van der Waals surface area contributed by atoms with E-state index in [0.717, 1.165) is 6.42 Å². The molecular weight excluding hydrogens is 173 g/mol. The van der Waals surface area contributed by atoms with E-state index in [0.29, 0.717) is 19.4 Å². The van der Waals surface area contributed by atoms with Crippen molar-refractivity contribution in [3.05, 3.63) is 0 Å². The van der Waals surface area contributed by atoms with Crippen LogP contribution in [0.15, 0.2) is 0 Å². The number of halogens is 3. The Bertz CT molecular complexity index is 103. The van der Waals surface area contributed by atoms with Gasteiger partial charge in [0.2, 0.25) is 0 Å². The van der Waals surface area contributed by atoms with Gasteiger partial charge in [0.15, 0.2) is 0 Å². The third-order valence-corrected chi connectivity index (χ3v) is 1.26. The summed E-state index contributed by atoms with van der Waals surface area (Å²) < 4.78 is 42.4. The maximum Gasteiger partial charge on any atom is 0.522 e. The van der Waals surface area contributed by atoms with Crippen molar-refractivity contribution in [3.63, 3.8) is 0 Å². The van der Waals surface area contributed by atoms with Gasteiger partial charge in [-0.3, -0.25) is 4.74 Å². The summed E-state index contributed by atoms with van der Waals surface area (Å²) in [5.74, 6) is 0. The molecule has 0 aliphatic rings. The standard InChI is InChI=1S/C7H13F3O2/c1-11-5-3-2-4-6-12-7(8,9)10/h2-6H2,1H3. The Labute approximate surface area is 69.7 Å². The van der Waals surface area contributed by atoms with Crippen LogP contribution in [0.4, 0.5) is 13.2 Å². The third-order valence-electron chi connectivity index (χ3n) is 1.26. The molecule has 0 radical (unpaired) electrons. The van der Waals surface area contributed by atoms with E-state index in [1.807, 2.05) is 0 Å². The summed E-state index contributed by atoms with van der Waals surface area (Å²) in [6.45, 7) is 0.333. The highest BCUT2D eigenvalue weighted by atomic mass is 19.4. The monoisotopic (exact) mass is 186 g/mol. The second-order valence-electron chi connectivity index (χ2n) is 2.35. The van der Waals surface area contributed by atoms with Crippen molar-refractivity contribution >= 4 is 0 Å². The molecule has 0 atom stereocenters. The minimum Gasteiger partial charge on any atom is -0.385 e. The molecule has 2 nitrogen and oxygen atoms in total. The molecule has 12 heavy (non-hydrogen) atoms. The van der Waals surface area contributed by atoms with Crippen molar-refractivity contribution < 1.29 is 22.6 Å². The molecule has 74 valence electrons. The van der Waals surface area contributed by atoms with Crippen LogP contribution in [0.5, 0.6) is 0 Å². The van der Waals surface area contributed by atoms with Gasteiger partial charge in [-0.15, -0.1) is 13.2 Å². The molecule has 0 saturated carbocycles. The first-order valence-electron chi connectivity index (χ1n) is 3.76. The topological polar surface area (TPSA) is 18.5 Å². The van der Waals surface area contributed by atoms with Crippen LogP contribution in [0.3, 0.4) is 0 Å². The van der Waals surface area contributed by atoms with Crippen LogP contribution in [0.2, 0.25) is 0 Å². The predicted octanol–water partition coefficient (Wildman–Crippen LogP) is 2.34. The van der Waals surface area contributed by atoms with Crippen molar-refractivity contribution in [2.45, 2.75) is 25.6 Å². The van der Waals surface area contributed by atoms with Gasteiger partial charge in [0.05, 0.1) is 6.61 Å². The Kier molecular flexibility index (Phi) is 6.10. The van der Waals surface area contributed by atoms with Crippen LogP contribution < -0.4 is 0 Å². The fraction of sp³-hybridized carbons (Fsp3) is 1.00. The van der Waals surface area contributed by atoms with Crippen molar-refractivity contribution in [1.29, 1.82) is 0 Å². The SMILES string of the molecule is COCCCCCOC(F)(F)F. The van der Waals surface area contributed by atoms with Crippen LogP contribution >= 0.6 is 0 Å². The summed E-state index contributed by atoms with van der Waals surface area (Å²) in [7, 11) is 1.56. The Hall–Kier alpha value is -0.290. The van der Waals surface area contributed by atoms with Crippen molar-refractivity contribution in [2.24, 2.45) is 0 Å². The molecule has 0 aromatic heterocycles. The number of hydrogen-bond acceptors (Lipinski definition) is 2. The molecule has 5 heteroatoms. The van der Waals surface area contributed by atoms with Crippen LogP contribution in [-0.4, -0.2) is 26.7 Å². The van der Waals surface area contributed by atoms with E-state index in [1.54, 1.807) is 7.11 Å². The van der Waals surface area contributed by atoms with E-state index in [1.165, 1.54) is 0 Å². The van der Waals surface area contributed by atoms with Crippen LogP contribution in [-0.2, 0) is 9.47 Å². The van der Waals surface area contributed by atoms with Gasteiger partial charge in [0, 0.05) is 13.7 Å². The lowest BCUT2D eigenvalue weighted by atomic mass is 10.2. The van der Waals surface area contributed by atoms with Gasteiger partial charge in [-0.2, -0.15) is 0 Å². The Morgan fingerprint density at radius 1 is 1.00 bits per heavy atom. The normalized spacial score (nSPS) is 12.0. The molecular formula is C7H13F3O2. The molecule has 0 bridgehead atoms. The molecule has 0 unspecified atom stereocenters. The van der Waals surface area contributed by atoms with E-state index in [4.69, 9.17) is 4.74 Å². The van der Waals surface area contributed by atoms with Crippen molar-refractivity contribution in [2.75, 3.05) is 20.3 Å². The highest BCUT2D eigenvalue weighted by Gasteiger charge is 2.28. The van der Waals surface area contributed by atoms with Gasteiger partial charge in [0.1, 0.15) is 0 Å². The predicted molar refractivity (Wildman–Crippen MR) is 37.7 cm³/mol. The van der Waals surface area contributed by atoms with Gasteiger partial charge in [-0.05, 0) is 19.3 Å². The van der Waals surface area contributed by atoms with E-state index < -0.39 is 6.36 Å². The van der Waals surface area contributed by atoms with E-state index in [2.05, 4.69) is 4.74 Å². The van der Waals surface area contributed by atoms with Gasteiger partial charge >= 0.3 is 6.36 Å². The Morgan fingerprint density at radius 2 is 1.58 bits per heavy atom. The van der Waals surface area contributed by atoms with E-state index in [-0.39, 0.29) is 6.61 Å². The molecule has 0 aliphatic heterocycles. The number of rotatable bonds is 6. The number of hydrogen-bond donors (Lipinski definition) is 0. The lowest BCUT2D eigenvalue weighted by Gasteiger charge is -2.06. The second-order valence-corrected chi connectivity index (χ2v) is 2.35. The van der Waals surface area contributed by atoms with E-state index in [9.17, 15) is 13.2 Å². The second kappa shape index (κ2) is 6.25. The largest absolute Gasteiger partial charge is 0.522 e. The first-order valence-corrected chi connectivity index (χ1v) is 3.76. The number of methoxy groups -OCH3 is 1. The van der Waals surface area contributed by atoms with Gasteiger partial charge < -0.3 is 4.74 Å². The molecule has 0 saturated heterocycles. The first kappa shape index (κ1) is 11.7. The minimum absolute atomic E-state index is 0.257. The quantitative estimate of drug-likeness (QED) is 0.593. The lowest BCUT2D eigenvalue weighted by Crippen LogP contribution is -2.14. The lowest BCUT2D eigenvalue weighted by molar-refractivity contribution is -0.324. The molecule has 0 heterocycles. The van der Waals surface area contributed by atoms with Crippen molar-refractivity contribution in [3.8, 4) is 0 Å². The highest BCUT2D eigenvalue weighted by molar-refractivity contribution is 4.40. The van der Waals surface area contributed by atoms with Gasteiger partial charge in [-0.25, -0.2) is 0 Å². The molecule has 0 N–H and O–H groups in total. The van der Waals surface area contributed by atoms with Gasteiger partial charge in [-0.1, -0.05) is 0 Å². The average molecular weight is 186 g/mol. The third kappa shape index (κ3) is 9.71. The van der Waals surface area contributed by atoms with E-state index >= 15 is 0 Å². The van der Waals surface area contributed by atoms with Crippen molar-refractivity contribution in [1.82, 2.24) is 0 Å². The summed E-state index contributed by atoms with van der Waals surface area (Å²) in [4.78, 5) is 0. The average Bonchev–Trinajstić information content (AvgIpc) is 1.94. The summed E-state index contributed by atoms with van der Waals surface area (Å²) in [5, 5.41) is 0. The summed E-state index contributed by atoms with van der Waals surface area (Å²) >= 11 is 0. The molecule has 0 spiro atoms. The first-order chi connectivity index (χ1) is 5.56. The zero-order valence-corrected chi connectivity index (χ0v) is 6.99. The minimum atomic E-state index is -4.48. The number of unbranched alkanes of at least 4 members (excludes halogenated alkanes) is 2. The highest BCUT2D eigenvalue weighted by Crippen LogP contribution is 2.16. The smallest absolute Gasteiger partial charge is 0.385 e. The van der Waals surface area contributed by atoms with Crippen LogP contribution in [0.1, 0.15) is 19.3 Å². The Balaban J connectivity index is 3.01. The van der Waals surface area contributed by atoms with Gasteiger partial charge in [0.25, 0.3) is 0 Å². The molecule has 0 aliphatic carbocycles. The zero-order valence-electron chi connectivity index (χ0n) is 6.99. The fourth-order valence-corrected chi connectivity index (χ4v) is 0.713. The summed E-state index contributed by atoms with van der Waals surface area (Å²) in [6.07, 6.45) is -2.59. The molecule has 0 aromatic carbocycles. The molecule has 0 fully saturated rings. The maximum absolute atomic E-state index is 11.4. The summed E-state index contributed by atoms with van der Waals surface area (Å²) in [6, 6.07) is 0. The summed E-state index contributed by atoms with van der Waals surface area (Å²) in [5.41, 5.74) is 0. The molecule has 0 aromatic rings. The number of ether oxygens (including phenoxy) is 2. The maximum atomic E-state index is 11.4. The molecule has 0 amide bonds. The molecule has 0 rings (SSSR count). The Morgan fingerprint density at radius 3 is 2.08 bits per heavy atom. The fourth-order valence-electron chi connectivity index (χ4n) is 0.713. The zero-order chi connectivity index (χ0) is 9.45.